The highest BCUT2D eigenvalue weighted by molar-refractivity contribution is 7.15. The molecule has 0 unspecified atom stereocenters. The molecule has 2 heterocycles. The summed E-state index contributed by atoms with van der Waals surface area (Å²) in [5, 5.41) is 12.4. The molecule has 0 radical (unpaired) electrons. The number of imide groups is 1. The maximum absolute atomic E-state index is 12.1. The molecule has 0 saturated carbocycles. The number of methoxy groups -OCH3 is 1. The van der Waals surface area contributed by atoms with Gasteiger partial charge >= 0.3 is 6.03 Å². The number of aliphatic imine (C=N–C) groups is 1. The minimum absolute atomic E-state index is 0.0339. The molecule has 8 nitrogen and oxygen atoms in total. The molecule has 0 bridgehead atoms. The topological polar surface area (TPSA) is 104 Å². The zero-order chi connectivity index (χ0) is 22.0. The maximum Gasteiger partial charge on any atom is 0.329 e. The molecular weight excluding hydrogens is 416 g/mol. The van der Waals surface area contributed by atoms with Crippen molar-refractivity contribution in [2.24, 2.45) is 4.99 Å². The summed E-state index contributed by atoms with van der Waals surface area (Å²) in [5.74, 6) is 0.460. The standard InChI is InChI=1S/C22H20N4O4S/c1-26-20(28)19(25-22(26)29)24-21-23-17(11-13-5-9-16(30-2)10-6-13)18(31-21)12-14-3-7-15(27)8-4-14/h3-10,27H,11-12H2,1-2H3,(H,23,24,25,29). The Labute approximate surface area is 182 Å². The van der Waals surface area contributed by atoms with Crippen molar-refractivity contribution in [2.45, 2.75) is 12.8 Å². The molecule has 3 aromatic rings. The summed E-state index contributed by atoms with van der Waals surface area (Å²) in [6.45, 7) is 0. The van der Waals surface area contributed by atoms with Crippen LogP contribution in [0.1, 0.15) is 21.7 Å². The van der Waals surface area contributed by atoms with Crippen LogP contribution in [0.15, 0.2) is 53.5 Å². The van der Waals surface area contributed by atoms with Gasteiger partial charge in [0.25, 0.3) is 5.91 Å². The predicted molar refractivity (Wildman–Crippen MR) is 117 cm³/mol. The van der Waals surface area contributed by atoms with Crippen LogP contribution in [0, 0.1) is 0 Å². The Morgan fingerprint density at radius 3 is 2.32 bits per heavy atom. The van der Waals surface area contributed by atoms with Crippen molar-refractivity contribution in [2.75, 3.05) is 14.2 Å². The number of nitrogens with zero attached hydrogens (tertiary/aromatic N) is 3. The van der Waals surface area contributed by atoms with Gasteiger partial charge in [0, 0.05) is 24.8 Å². The van der Waals surface area contributed by atoms with E-state index in [0.29, 0.717) is 18.0 Å². The van der Waals surface area contributed by atoms with E-state index in [1.807, 2.05) is 36.4 Å². The number of carbonyl (C=O) groups excluding carboxylic acids is 2. The van der Waals surface area contributed by atoms with Crippen molar-refractivity contribution in [1.82, 2.24) is 15.2 Å². The van der Waals surface area contributed by atoms with Crippen LogP contribution in [0.5, 0.6) is 11.5 Å². The van der Waals surface area contributed by atoms with Gasteiger partial charge in [0.1, 0.15) is 11.5 Å². The van der Waals surface area contributed by atoms with Gasteiger partial charge < -0.3 is 9.84 Å². The third kappa shape index (κ3) is 4.56. The summed E-state index contributed by atoms with van der Waals surface area (Å²) in [5.41, 5.74) is 2.91. The summed E-state index contributed by atoms with van der Waals surface area (Å²) < 4.78 is 5.22. The molecule has 1 saturated heterocycles. The number of hydrogen-bond acceptors (Lipinski definition) is 7. The number of thiazole rings is 1. The van der Waals surface area contributed by atoms with Crippen LogP contribution in [0.3, 0.4) is 0 Å². The Balaban J connectivity index is 1.66. The largest absolute Gasteiger partial charge is 0.508 e. The summed E-state index contributed by atoms with van der Waals surface area (Å²) in [7, 11) is 3.02. The zero-order valence-electron chi connectivity index (χ0n) is 17.0. The van der Waals surface area contributed by atoms with Crippen LogP contribution in [-0.4, -0.2) is 46.9 Å². The van der Waals surface area contributed by atoms with Gasteiger partial charge in [-0.2, -0.15) is 4.99 Å². The number of ether oxygens (including phenoxy) is 1. The highest BCUT2D eigenvalue weighted by Crippen LogP contribution is 2.30. The Morgan fingerprint density at radius 1 is 1.06 bits per heavy atom. The average Bonchev–Trinajstić information content (AvgIpc) is 3.25. The van der Waals surface area contributed by atoms with Gasteiger partial charge in [0.05, 0.1) is 12.8 Å². The summed E-state index contributed by atoms with van der Waals surface area (Å²) in [6.07, 6.45) is 1.19. The lowest BCUT2D eigenvalue weighted by atomic mass is 10.1. The molecule has 2 aromatic carbocycles. The van der Waals surface area contributed by atoms with E-state index in [0.717, 1.165) is 32.3 Å². The Morgan fingerprint density at radius 2 is 1.71 bits per heavy atom. The molecule has 1 fully saturated rings. The molecule has 0 aliphatic carbocycles. The second-order valence-corrected chi connectivity index (χ2v) is 8.05. The molecule has 1 aliphatic rings. The number of aromatic hydroxyl groups is 1. The van der Waals surface area contributed by atoms with Crippen LogP contribution in [0.25, 0.3) is 0 Å². The predicted octanol–water partition coefficient (Wildman–Crippen LogP) is 3.25. The first-order valence-electron chi connectivity index (χ1n) is 9.50. The lowest BCUT2D eigenvalue weighted by Gasteiger charge is -2.05. The van der Waals surface area contributed by atoms with E-state index in [1.165, 1.54) is 18.4 Å². The smallest absolute Gasteiger partial charge is 0.329 e. The Kier molecular flexibility index (Phi) is 5.68. The summed E-state index contributed by atoms with van der Waals surface area (Å²) in [6, 6.07) is 14.2. The molecule has 1 aromatic heterocycles. The van der Waals surface area contributed by atoms with Gasteiger partial charge in [-0.05, 0) is 35.4 Å². The van der Waals surface area contributed by atoms with Crippen LogP contribution in [0.4, 0.5) is 9.93 Å². The third-order valence-corrected chi connectivity index (χ3v) is 5.83. The van der Waals surface area contributed by atoms with E-state index in [-0.39, 0.29) is 11.6 Å². The van der Waals surface area contributed by atoms with Crippen molar-refractivity contribution in [3.63, 3.8) is 0 Å². The lowest BCUT2D eigenvalue weighted by molar-refractivity contribution is -0.119. The number of amides is 3. The van der Waals surface area contributed by atoms with Gasteiger partial charge in [-0.3, -0.25) is 15.0 Å². The molecule has 31 heavy (non-hydrogen) atoms. The van der Waals surface area contributed by atoms with Crippen LogP contribution >= 0.6 is 11.3 Å². The van der Waals surface area contributed by atoms with E-state index in [1.54, 1.807) is 19.2 Å². The highest BCUT2D eigenvalue weighted by atomic mass is 32.1. The van der Waals surface area contributed by atoms with E-state index < -0.39 is 11.9 Å². The minimum atomic E-state index is -0.511. The number of urea groups is 1. The van der Waals surface area contributed by atoms with Crippen LogP contribution < -0.4 is 10.1 Å². The summed E-state index contributed by atoms with van der Waals surface area (Å²) in [4.78, 5) is 34.7. The fourth-order valence-corrected chi connectivity index (χ4v) is 4.08. The molecule has 3 amide bonds. The van der Waals surface area contributed by atoms with Gasteiger partial charge in [0.2, 0.25) is 11.0 Å². The number of rotatable bonds is 6. The van der Waals surface area contributed by atoms with Crippen molar-refractivity contribution in [3.8, 4) is 11.5 Å². The molecular formula is C22H20N4O4S. The van der Waals surface area contributed by atoms with Gasteiger partial charge in [-0.15, -0.1) is 0 Å². The van der Waals surface area contributed by atoms with Gasteiger partial charge in [-0.25, -0.2) is 9.78 Å². The highest BCUT2D eigenvalue weighted by Gasteiger charge is 2.32. The minimum Gasteiger partial charge on any atom is -0.508 e. The average molecular weight is 436 g/mol. The first-order valence-corrected chi connectivity index (χ1v) is 10.3. The molecule has 0 atom stereocenters. The number of phenols is 1. The first kappa shape index (κ1) is 20.5. The molecule has 0 spiro atoms. The normalized spacial score (nSPS) is 14.9. The summed E-state index contributed by atoms with van der Waals surface area (Å²) >= 11 is 1.37. The van der Waals surface area contributed by atoms with Crippen LogP contribution in [0.2, 0.25) is 0 Å². The lowest BCUT2D eigenvalue weighted by Crippen LogP contribution is -2.25. The SMILES string of the molecule is COc1ccc(Cc2nc(N=C3NC(=O)N(C)C3=O)sc2Cc2ccc(O)cc2)cc1. The monoisotopic (exact) mass is 436 g/mol. The second-order valence-electron chi connectivity index (χ2n) is 6.99. The van der Waals surface area contributed by atoms with Crippen molar-refractivity contribution in [3.05, 3.63) is 70.2 Å². The molecule has 1 aliphatic heterocycles. The molecule has 9 heteroatoms. The van der Waals surface area contributed by atoms with Crippen molar-refractivity contribution in [1.29, 1.82) is 0 Å². The quantitative estimate of drug-likeness (QED) is 0.577. The first-order chi connectivity index (χ1) is 14.9. The Bertz CT molecular complexity index is 1150. The number of carbonyl (C=O) groups is 2. The van der Waals surface area contributed by atoms with E-state index in [4.69, 9.17) is 4.74 Å². The number of likely N-dealkylation sites (N-methyl/N-ethyl adjacent to an activating group) is 1. The number of nitrogens with one attached hydrogen (secondary N) is 1. The fraction of sp³-hybridized carbons (Fsp3) is 0.182. The Hall–Kier alpha value is -3.72. The van der Waals surface area contributed by atoms with Crippen molar-refractivity contribution < 1.29 is 19.4 Å². The van der Waals surface area contributed by atoms with Gasteiger partial charge in [-0.1, -0.05) is 35.6 Å². The molecule has 4 rings (SSSR count). The van der Waals surface area contributed by atoms with E-state index in [9.17, 15) is 14.7 Å². The van der Waals surface area contributed by atoms with Gasteiger partial charge in [0.15, 0.2) is 0 Å². The number of hydrogen-bond donors (Lipinski definition) is 2. The maximum atomic E-state index is 12.1. The van der Waals surface area contributed by atoms with E-state index in [2.05, 4.69) is 15.3 Å². The number of aromatic nitrogens is 1. The molecule has 158 valence electrons. The zero-order valence-corrected chi connectivity index (χ0v) is 17.8. The fourth-order valence-electron chi connectivity index (χ4n) is 3.09. The number of amidine groups is 1. The van der Waals surface area contributed by atoms with Crippen molar-refractivity contribution >= 4 is 34.2 Å². The third-order valence-electron chi connectivity index (χ3n) is 4.84. The van der Waals surface area contributed by atoms with E-state index >= 15 is 0 Å². The van der Waals surface area contributed by atoms with Crippen LogP contribution in [-0.2, 0) is 17.6 Å². The second kappa shape index (κ2) is 8.57. The number of phenolic OH excluding ortho intramolecular Hbond substituents is 1. The molecule has 2 N–H and O–H groups in total. The number of benzene rings is 2.